The summed E-state index contributed by atoms with van der Waals surface area (Å²) in [6, 6.07) is 72.9. The normalized spacial score (nSPS) is 19.9. The van der Waals surface area contributed by atoms with Gasteiger partial charge in [-0.05, 0) is 216 Å². The number of hydrogen-bond acceptors (Lipinski definition) is 15. The smallest absolute Gasteiger partial charge is 0.240 e. The second-order valence-electron chi connectivity index (χ2n) is 35.1. The molecule has 12 aromatic rings. The Labute approximate surface area is 738 Å². The molecule has 0 unspecified atom stereocenters. The number of aliphatic hydroxyl groups is 5. The minimum Gasteiger partial charge on any atom is -0.411 e. The number of carbonyl (C=O) groups excluding carboxylic acids is 1. The highest BCUT2D eigenvalue weighted by atomic mass is 28.4. The van der Waals surface area contributed by atoms with Crippen LogP contribution in [0, 0.1) is 74.0 Å². The molecule has 0 bridgehead atoms. The number of amides is 1. The summed E-state index contributed by atoms with van der Waals surface area (Å²) in [6.07, 6.45) is 5.59. The van der Waals surface area contributed by atoms with Crippen LogP contribution in [0.5, 0.6) is 0 Å². The molecule has 652 valence electrons. The lowest BCUT2D eigenvalue weighted by Crippen LogP contribution is -2.50. The first-order valence-electron chi connectivity index (χ1n) is 43.9. The maximum atomic E-state index is 13.9. The fourth-order valence-corrected chi connectivity index (χ4v) is 17.9. The van der Waals surface area contributed by atoms with Crippen molar-refractivity contribution in [3.05, 3.63) is 320 Å². The largest absolute Gasteiger partial charge is 0.411 e. The molecule has 0 spiro atoms. The van der Waals surface area contributed by atoms with Gasteiger partial charge in [-0.15, -0.1) is 0 Å². The van der Waals surface area contributed by atoms with Crippen LogP contribution in [0.15, 0.2) is 237 Å². The minimum absolute atomic E-state index is 0.0114. The van der Waals surface area contributed by atoms with Crippen molar-refractivity contribution < 1.29 is 49.3 Å². The fourth-order valence-electron chi connectivity index (χ4n) is 16.5. The Morgan fingerprint density at radius 3 is 1.06 bits per heavy atom. The van der Waals surface area contributed by atoms with Gasteiger partial charge in [0.2, 0.25) is 5.91 Å². The Kier molecular flexibility index (Phi) is 32.1. The monoisotopic (exact) mass is 1700 g/mol. The van der Waals surface area contributed by atoms with Crippen molar-refractivity contribution in [2.24, 2.45) is 17.8 Å². The van der Waals surface area contributed by atoms with E-state index in [2.05, 4.69) is 237 Å². The van der Waals surface area contributed by atoms with Crippen LogP contribution in [0.4, 0.5) is 0 Å². The van der Waals surface area contributed by atoms with Crippen LogP contribution in [-0.4, -0.2) is 177 Å². The molecule has 1 amide bonds. The Hall–Kier alpha value is -10.6. The van der Waals surface area contributed by atoms with E-state index in [1.54, 1.807) is 18.9 Å². The number of H-pyrrole nitrogens is 3. The number of rotatable bonds is 28. The number of hydrogen-bond donors (Lipinski definition) is 11. The number of aromatic amines is 3. The highest BCUT2D eigenvalue weighted by Crippen LogP contribution is 2.41. The summed E-state index contributed by atoms with van der Waals surface area (Å²) in [7, 11) is -2.14. The molecule has 0 aliphatic carbocycles. The third-order valence-corrected chi connectivity index (χ3v) is 29.3. The van der Waals surface area contributed by atoms with Crippen molar-refractivity contribution in [3.63, 3.8) is 0 Å². The lowest BCUT2D eigenvalue weighted by atomic mass is 9.92. The van der Waals surface area contributed by atoms with Crippen molar-refractivity contribution in [1.29, 1.82) is 0 Å². The van der Waals surface area contributed by atoms with Gasteiger partial charge in [0, 0.05) is 135 Å². The van der Waals surface area contributed by atoms with Crippen molar-refractivity contribution in [2.45, 2.75) is 174 Å². The first-order valence-corrected chi connectivity index (χ1v) is 46.8. The molecule has 15 rings (SSSR count). The van der Waals surface area contributed by atoms with Gasteiger partial charge in [0.25, 0.3) is 0 Å². The number of aliphatic hydroxyl groups excluding tert-OH is 5. The van der Waals surface area contributed by atoms with Crippen molar-refractivity contribution in [3.8, 4) is 35.5 Å². The van der Waals surface area contributed by atoms with E-state index in [1.165, 1.54) is 38.6 Å². The predicted molar refractivity (Wildman–Crippen MR) is 501 cm³/mol. The summed E-state index contributed by atoms with van der Waals surface area (Å²) in [5, 5.41) is 71.3. The third-order valence-electron chi connectivity index (χ3n) is 24.7. The number of carbonyl (C=O) groups is 1. The Morgan fingerprint density at radius 1 is 0.432 bits per heavy atom. The summed E-state index contributed by atoms with van der Waals surface area (Å²) >= 11 is 0. The van der Waals surface area contributed by atoms with E-state index in [1.807, 2.05) is 139 Å². The van der Waals surface area contributed by atoms with Crippen LogP contribution < -0.4 is 16.0 Å². The lowest BCUT2D eigenvalue weighted by Gasteiger charge is -2.40. The van der Waals surface area contributed by atoms with E-state index in [9.17, 15) is 30.3 Å². The van der Waals surface area contributed by atoms with E-state index in [-0.39, 0.29) is 60.8 Å². The zero-order chi connectivity index (χ0) is 88.2. The van der Waals surface area contributed by atoms with Gasteiger partial charge >= 0.3 is 0 Å². The maximum Gasteiger partial charge on any atom is 0.240 e. The molecule has 0 saturated carbocycles. The summed E-state index contributed by atoms with van der Waals surface area (Å²) in [5.74, 6) is 18.4. The molecule has 3 aliphatic rings. The molecule has 11 N–H and O–H groups in total. The molecule has 3 fully saturated rings. The van der Waals surface area contributed by atoms with Crippen LogP contribution in [0.25, 0.3) is 32.7 Å². The van der Waals surface area contributed by atoms with Gasteiger partial charge < -0.3 is 60.9 Å². The second kappa shape index (κ2) is 43.5. The van der Waals surface area contributed by atoms with E-state index in [4.69, 9.17) is 18.9 Å². The van der Waals surface area contributed by atoms with Crippen LogP contribution in [0.3, 0.4) is 0 Å². The molecular formula is C105H123N9O10Si. The molecule has 19 nitrogen and oxygen atoms in total. The summed E-state index contributed by atoms with van der Waals surface area (Å²) in [5.41, 5.74) is 19.7. The van der Waals surface area contributed by atoms with Gasteiger partial charge in [0.05, 0.1) is 56.8 Å². The van der Waals surface area contributed by atoms with Gasteiger partial charge in [0.1, 0.15) is 24.4 Å². The summed E-state index contributed by atoms with van der Waals surface area (Å²) < 4.78 is 6.73. The topological polar surface area (TPSA) is 248 Å². The maximum absolute atomic E-state index is 13.9. The number of aryl methyl sites for hydroxylation is 3. The van der Waals surface area contributed by atoms with Crippen LogP contribution in [-0.2, 0) is 62.6 Å². The quantitative estimate of drug-likeness (QED) is 0.0124. The molecular weight excluding hydrogens is 1580 g/mol. The molecule has 9 aromatic carbocycles. The average Bonchev–Trinajstić information content (AvgIpc) is 1.63. The highest BCUT2D eigenvalue weighted by Gasteiger charge is 2.52. The Balaban J connectivity index is 0.000000162. The van der Waals surface area contributed by atoms with Crippen molar-refractivity contribution in [1.82, 2.24) is 46.1 Å². The Morgan fingerprint density at radius 2 is 0.736 bits per heavy atom. The van der Waals surface area contributed by atoms with E-state index >= 15 is 0 Å². The molecule has 3 aliphatic heterocycles. The van der Waals surface area contributed by atoms with Crippen LogP contribution >= 0.6 is 0 Å². The molecule has 3 aromatic heterocycles. The zero-order valence-electron chi connectivity index (χ0n) is 74.0. The van der Waals surface area contributed by atoms with Crippen molar-refractivity contribution >= 4 is 46.9 Å². The SMILES string of the molecule is Cc1ccc(C#Cc2ccc(CN3O[C@@H]([C@H](C)O)[C@@H](CO)[C@H]3CNCCc3c[nH]c4ccccc34)cc2)cc1.Cc1ccc(C#Cc2ccc(CN3O[C@@H]([C@H](C)O)[C@@H](CO)[C@H]3CNCCc3c[nH]c4ccccc34)cc2)cc1.Cc1ccc(C#Cc2ccc(CN3O[C@@H]([C@H](C)O[Si](C)(C)C(C)(C)C)[C@@H](CO)[C@H]3C(=O)NCCc3c[nH]c4ccccc34)cc2)cc1. The molecule has 12 atom stereocenters. The molecule has 20 heteroatoms. The third kappa shape index (κ3) is 24.4. The summed E-state index contributed by atoms with van der Waals surface area (Å²) in [4.78, 5) is 42.8. The van der Waals surface area contributed by atoms with E-state index in [0.717, 1.165) is 104 Å². The van der Waals surface area contributed by atoms with E-state index in [0.29, 0.717) is 45.7 Å². The van der Waals surface area contributed by atoms with Gasteiger partial charge in [-0.25, -0.2) is 0 Å². The number of hydroxylamine groups is 6. The fraction of sp³-hybridized carbons (Fsp3) is 0.362. The van der Waals surface area contributed by atoms with Gasteiger partial charge in [-0.1, -0.05) is 200 Å². The van der Waals surface area contributed by atoms with Gasteiger partial charge in [-0.2, -0.15) is 15.2 Å². The average molecular weight is 1700 g/mol. The standard InChI is InChI=1S/C39H49N3O4Si.2C33H37N3O3/c1-27-12-14-29(15-13-27)16-17-30-18-20-31(21-19-30)25-42-36(34(26-43)37(45-42)28(2)46-47(6,7)39(3,4)5)38(44)40-23-22-32-24-41-35-11-9-8-10-33(32)35;2*1-23-7-9-25(10-8-23)11-12-26-13-15-27(16-14-26)21-36-32(30(22-37)33(39-36)24(2)38)20-34-18-17-28-19-35-31-6-4-3-5-29(28)31/h8-15,18-21,24,28,34,36-37,41,43H,22-23,25-26H2,1-7H3,(H,40,44);2*3-10,13-16,19,24,30,32-35,37-38H,17-18,20-22H2,1-2H3/t28-,34-,36-,37-;2*24-,30-,32+,33-/m000/s1. The molecule has 125 heavy (non-hydrogen) atoms. The molecule has 3 saturated heterocycles. The molecule has 6 heterocycles. The number of nitrogens with zero attached hydrogens (tertiary/aromatic N) is 3. The van der Waals surface area contributed by atoms with Gasteiger partial charge in [0.15, 0.2) is 8.32 Å². The lowest BCUT2D eigenvalue weighted by molar-refractivity contribution is -0.190. The number of para-hydroxylation sites is 3. The number of nitrogens with one attached hydrogen (secondary N) is 6. The summed E-state index contributed by atoms with van der Waals surface area (Å²) in [6.45, 7) is 27.3. The van der Waals surface area contributed by atoms with E-state index < -0.39 is 50.8 Å². The number of aromatic nitrogens is 3. The number of fused-ring (bicyclic) bond motifs is 3. The van der Waals surface area contributed by atoms with Gasteiger partial charge in [-0.3, -0.25) is 19.3 Å². The van der Waals surface area contributed by atoms with Crippen LogP contribution in [0.1, 0.15) is 125 Å². The minimum atomic E-state index is -2.14. The number of benzene rings is 9. The first-order chi connectivity index (χ1) is 60.4. The highest BCUT2D eigenvalue weighted by molar-refractivity contribution is 6.74. The van der Waals surface area contributed by atoms with Crippen LogP contribution in [0.2, 0.25) is 18.1 Å². The predicted octanol–water partition coefficient (Wildman–Crippen LogP) is 15.1. The zero-order valence-corrected chi connectivity index (χ0v) is 75.0. The Bertz CT molecular complexity index is 5430. The second-order valence-corrected chi connectivity index (χ2v) is 39.8. The van der Waals surface area contributed by atoms with Crippen molar-refractivity contribution in [2.75, 3.05) is 52.5 Å². The molecule has 0 radical (unpaired) electrons. The first kappa shape index (κ1) is 92.1.